The molecular formula is C21H17BrN4. The quantitative estimate of drug-likeness (QED) is 0.436. The van der Waals surface area contributed by atoms with Crippen LogP contribution in [0.2, 0.25) is 0 Å². The maximum Gasteiger partial charge on any atom is 0.182 e. The van der Waals surface area contributed by atoms with Crippen molar-refractivity contribution in [2.45, 2.75) is 10.9 Å². The van der Waals surface area contributed by atoms with Gasteiger partial charge in [0.1, 0.15) is 0 Å². The van der Waals surface area contributed by atoms with Gasteiger partial charge in [0.05, 0.1) is 10.9 Å². The lowest BCUT2D eigenvalue weighted by Gasteiger charge is -2.24. The van der Waals surface area contributed by atoms with Crippen molar-refractivity contribution in [3.63, 3.8) is 0 Å². The van der Waals surface area contributed by atoms with E-state index in [-0.39, 0.29) is 10.9 Å². The average molecular weight is 405 g/mol. The number of benzene rings is 3. The van der Waals surface area contributed by atoms with E-state index in [2.05, 4.69) is 55.7 Å². The zero-order valence-corrected chi connectivity index (χ0v) is 15.6. The minimum Gasteiger partial charge on any atom is -0.216 e. The minimum atomic E-state index is -0.0798. The smallest absolute Gasteiger partial charge is 0.182 e. The van der Waals surface area contributed by atoms with Crippen LogP contribution in [-0.2, 0) is 0 Å². The molecule has 5 heteroatoms. The van der Waals surface area contributed by atoms with Crippen molar-refractivity contribution in [2.75, 3.05) is 0 Å². The van der Waals surface area contributed by atoms with Gasteiger partial charge in [0.2, 0.25) is 0 Å². The second-order valence-electron chi connectivity index (χ2n) is 5.98. The predicted molar refractivity (Wildman–Crippen MR) is 106 cm³/mol. The van der Waals surface area contributed by atoms with Crippen molar-refractivity contribution in [1.29, 1.82) is 0 Å². The molecule has 26 heavy (non-hydrogen) atoms. The highest BCUT2D eigenvalue weighted by Gasteiger charge is 2.28. The Hall–Kier alpha value is -2.79. The molecule has 0 unspecified atom stereocenters. The van der Waals surface area contributed by atoms with E-state index in [9.17, 15) is 0 Å². The first-order chi connectivity index (χ1) is 12.8. The van der Waals surface area contributed by atoms with E-state index in [1.165, 1.54) is 5.56 Å². The summed E-state index contributed by atoms with van der Waals surface area (Å²) < 4.78 is 1.90. The topological polar surface area (TPSA) is 43.6 Å². The van der Waals surface area contributed by atoms with Crippen LogP contribution >= 0.6 is 15.9 Å². The molecule has 0 spiro atoms. The van der Waals surface area contributed by atoms with E-state index in [1.54, 1.807) is 0 Å². The highest BCUT2D eigenvalue weighted by molar-refractivity contribution is 9.09. The zero-order chi connectivity index (χ0) is 17.8. The third-order valence-electron chi connectivity index (χ3n) is 4.32. The summed E-state index contributed by atoms with van der Waals surface area (Å²) in [6.07, 6.45) is 0. The molecule has 2 atom stereocenters. The van der Waals surface area contributed by atoms with Crippen LogP contribution in [0.1, 0.15) is 22.0 Å². The molecule has 0 fully saturated rings. The Morgan fingerprint density at radius 1 is 0.692 bits per heavy atom. The van der Waals surface area contributed by atoms with Gasteiger partial charge in [0.25, 0.3) is 0 Å². The third-order valence-corrected chi connectivity index (χ3v) is 5.35. The van der Waals surface area contributed by atoms with Crippen molar-refractivity contribution in [3.8, 4) is 11.4 Å². The van der Waals surface area contributed by atoms with Gasteiger partial charge < -0.3 is 0 Å². The monoisotopic (exact) mass is 404 g/mol. The zero-order valence-electron chi connectivity index (χ0n) is 14.0. The van der Waals surface area contributed by atoms with E-state index >= 15 is 0 Å². The summed E-state index contributed by atoms with van der Waals surface area (Å²) in [5, 5.41) is 12.6. The van der Waals surface area contributed by atoms with E-state index in [0.717, 1.165) is 17.0 Å². The van der Waals surface area contributed by atoms with E-state index in [1.807, 2.05) is 71.4 Å². The molecule has 0 N–H and O–H groups in total. The second-order valence-corrected chi connectivity index (χ2v) is 6.97. The minimum absolute atomic E-state index is 0.0251. The molecule has 4 rings (SSSR count). The largest absolute Gasteiger partial charge is 0.216 e. The summed E-state index contributed by atoms with van der Waals surface area (Å²) in [4.78, 5) is 0.0251. The number of halogens is 1. The van der Waals surface area contributed by atoms with Gasteiger partial charge in [-0.15, -0.1) is 5.10 Å². The number of tetrazole rings is 1. The number of nitrogens with zero attached hydrogens (tertiary/aromatic N) is 4. The molecule has 4 aromatic rings. The molecular weight excluding hydrogens is 388 g/mol. The first-order valence-electron chi connectivity index (χ1n) is 8.42. The fourth-order valence-corrected chi connectivity index (χ4v) is 3.90. The molecule has 128 valence electrons. The molecule has 0 saturated carbocycles. The van der Waals surface area contributed by atoms with Gasteiger partial charge in [0.15, 0.2) is 5.82 Å². The Morgan fingerprint density at radius 3 is 1.85 bits per heavy atom. The lowest BCUT2D eigenvalue weighted by Crippen LogP contribution is -2.18. The summed E-state index contributed by atoms with van der Waals surface area (Å²) in [5.41, 5.74) is 3.31. The van der Waals surface area contributed by atoms with Gasteiger partial charge in [-0.05, 0) is 21.6 Å². The Kier molecular flexibility index (Phi) is 4.88. The summed E-state index contributed by atoms with van der Waals surface area (Å²) >= 11 is 3.90. The van der Waals surface area contributed by atoms with Crippen molar-refractivity contribution in [2.24, 2.45) is 0 Å². The van der Waals surface area contributed by atoms with Crippen molar-refractivity contribution >= 4 is 15.9 Å². The van der Waals surface area contributed by atoms with Crippen LogP contribution in [0.4, 0.5) is 0 Å². The number of aromatic nitrogens is 4. The molecule has 0 bridgehead atoms. The van der Waals surface area contributed by atoms with Crippen LogP contribution in [0, 0.1) is 0 Å². The molecule has 4 nitrogen and oxygen atoms in total. The lowest BCUT2D eigenvalue weighted by molar-refractivity contribution is 0.505. The van der Waals surface area contributed by atoms with Crippen molar-refractivity contribution in [1.82, 2.24) is 20.2 Å². The van der Waals surface area contributed by atoms with Gasteiger partial charge in [-0.25, -0.2) is 4.68 Å². The standard InChI is InChI=1S/C21H17BrN4/c22-19(16-10-4-1-5-11-16)20(17-12-6-2-7-13-17)26-21(23-24-25-26)18-14-8-3-9-15-18/h1-15,19-20H/t19-,20-/m0/s1. The molecule has 3 aromatic carbocycles. The highest BCUT2D eigenvalue weighted by Crippen LogP contribution is 2.40. The van der Waals surface area contributed by atoms with Crippen molar-refractivity contribution in [3.05, 3.63) is 102 Å². The molecule has 0 radical (unpaired) electrons. The van der Waals surface area contributed by atoms with Crippen LogP contribution < -0.4 is 0 Å². The van der Waals surface area contributed by atoms with Crippen LogP contribution in [0.5, 0.6) is 0 Å². The van der Waals surface area contributed by atoms with Crippen LogP contribution in [-0.4, -0.2) is 20.2 Å². The molecule has 1 heterocycles. The third kappa shape index (κ3) is 3.30. The predicted octanol–water partition coefficient (Wildman–Crippen LogP) is 5.07. The van der Waals surface area contributed by atoms with Gasteiger partial charge in [0, 0.05) is 5.56 Å². The number of hydrogen-bond acceptors (Lipinski definition) is 3. The van der Waals surface area contributed by atoms with Crippen LogP contribution in [0.3, 0.4) is 0 Å². The first kappa shape index (κ1) is 16.7. The fourth-order valence-electron chi connectivity index (χ4n) is 3.06. The summed E-state index contributed by atoms with van der Waals surface area (Å²) in [5.74, 6) is 0.750. The van der Waals surface area contributed by atoms with Crippen LogP contribution in [0.25, 0.3) is 11.4 Å². The fraction of sp³-hybridized carbons (Fsp3) is 0.0952. The lowest BCUT2D eigenvalue weighted by atomic mass is 9.98. The van der Waals surface area contributed by atoms with Gasteiger partial charge in [-0.2, -0.15) is 0 Å². The normalized spacial score (nSPS) is 13.3. The average Bonchev–Trinajstić information content (AvgIpc) is 3.19. The molecule has 0 aliphatic heterocycles. The van der Waals surface area contributed by atoms with Gasteiger partial charge in [-0.1, -0.05) is 107 Å². The van der Waals surface area contributed by atoms with E-state index in [4.69, 9.17) is 0 Å². The van der Waals surface area contributed by atoms with Gasteiger partial charge >= 0.3 is 0 Å². The van der Waals surface area contributed by atoms with Crippen LogP contribution in [0.15, 0.2) is 91.0 Å². The SMILES string of the molecule is Br[C@@H](c1ccccc1)[C@H](c1ccccc1)n1nnnc1-c1ccccc1. The number of hydrogen-bond donors (Lipinski definition) is 0. The Labute approximate surface area is 160 Å². The first-order valence-corrected chi connectivity index (χ1v) is 9.33. The summed E-state index contributed by atoms with van der Waals surface area (Å²) in [6.45, 7) is 0. The number of alkyl halides is 1. The Balaban J connectivity index is 1.84. The molecule has 0 aliphatic carbocycles. The van der Waals surface area contributed by atoms with Crippen molar-refractivity contribution < 1.29 is 0 Å². The highest BCUT2D eigenvalue weighted by atomic mass is 79.9. The van der Waals surface area contributed by atoms with E-state index < -0.39 is 0 Å². The Morgan fingerprint density at radius 2 is 1.23 bits per heavy atom. The molecule has 0 amide bonds. The molecule has 1 aromatic heterocycles. The second kappa shape index (κ2) is 7.62. The number of rotatable bonds is 5. The summed E-state index contributed by atoms with van der Waals surface area (Å²) in [6, 6.07) is 30.6. The maximum absolute atomic E-state index is 4.34. The van der Waals surface area contributed by atoms with Gasteiger partial charge in [-0.3, -0.25) is 0 Å². The maximum atomic E-state index is 4.34. The van der Waals surface area contributed by atoms with E-state index in [0.29, 0.717) is 0 Å². The molecule has 0 saturated heterocycles. The molecule has 0 aliphatic rings. The Bertz CT molecular complexity index is 955. The summed E-state index contributed by atoms with van der Waals surface area (Å²) in [7, 11) is 0.